The summed E-state index contributed by atoms with van der Waals surface area (Å²) in [5, 5.41) is 0. The van der Waals surface area contributed by atoms with Crippen molar-refractivity contribution in [1.29, 1.82) is 0 Å². The first-order chi connectivity index (χ1) is 7.02. The number of amides is 2. The van der Waals surface area contributed by atoms with E-state index in [4.69, 9.17) is 20.9 Å². The Bertz CT molecular complexity index is 306. The summed E-state index contributed by atoms with van der Waals surface area (Å²) in [6, 6.07) is 0. The molecule has 2 bridgehead atoms. The summed E-state index contributed by atoms with van der Waals surface area (Å²) in [4.78, 5) is 21.5. The zero-order chi connectivity index (χ0) is 11.1. The van der Waals surface area contributed by atoms with Gasteiger partial charge in [0.25, 0.3) is 0 Å². The van der Waals surface area contributed by atoms with Crippen molar-refractivity contribution in [3.63, 3.8) is 0 Å². The second-order valence-corrected chi connectivity index (χ2v) is 4.26. The molecule has 2 fully saturated rings. The maximum absolute atomic E-state index is 10.8. The molecule has 6 nitrogen and oxygen atoms in total. The largest absolute Gasteiger partial charge is 0.442 e. The fourth-order valence-corrected chi connectivity index (χ4v) is 2.81. The molecule has 4 N–H and O–H groups in total. The van der Waals surface area contributed by atoms with Gasteiger partial charge in [0, 0.05) is 0 Å². The van der Waals surface area contributed by atoms with E-state index in [0.717, 1.165) is 6.42 Å². The number of hydrogen-bond donors (Lipinski definition) is 2. The molecule has 0 saturated heterocycles. The summed E-state index contributed by atoms with van der Waals surface area (Å²) in [6.45, 7) is 0. The zero-order valence-electron chi connectivity index (χ0n) is 8.27. The summed E-state index contributed by atoms with van der Waals surface area (Å²) < 4.78 is 10.1. The van der Waals surface area contributed by atoms with Crippen molar-refractivity contribution in [2.24, 2.45) is 17.4 Å². The van der Waals surface area contributed by atoms with Gasteiger partial charge < -0.3 is 20.9 Å². The Morgan fingerprint density at radius 2 is 2.00 bits per heavy atom. The highest BCUT2D eigenvalue weighted by atomic mass is 16.6. The van der Waals surface area contributed by atoms with E-state index in [9.17, 15) is 9.59 Å². The summed E-state index contributed by atoms with van der Waals surface area (Å²) in [7, 11) is 0. The molecule has 0 radical (unpaired) electrons. The number of nitrogens with two attached hydrogens (primary N) is 2. The van der Waals surface area contributed by atoms with E-state index in [0.29, 0.717) is 25.2 Å². The molecule has 0 heterocycles. The van der Waals surface area contributed by atoms with Crippen molar-refractivity contribution < 1.29 is 19.1 Å². The number of primary amides is 2. The van der Waals surface area contributed by atoms with E-state index in [1.54, 1.807) is 0 Å². The molecule has 2 rings (SSSR count). The highest BCUT2D eigenvalue weighted by Gasteiger charge is 2.56. The van der Waals surface area contributed by atoms with Crippen LogP contribution in [-0.4, -0.2) is 23.9 Å². The Kier molecular flexibility index (Phi) is 2.21. The third-order valence-electron chi connectivity index (χ3n) is 3.31. The predicted octanol–water partition coefficient (Wildman–Crippen LogP) is 0.488. The second kappa shape index (κ2) is 3.29. The van der Waals surface area contributed by atoms with Gasteiger partial charge in [-0.25, -0.2) is 9.59 Å². The Labute approximate surface area is 86.9 Å². The van der Waals surface area contributed by atoms with Crippen molar-refractivity contribution in [2.75, 3.05) is 0 Å². The molecular weight excluding hydrogens is 200 g/mol. The molecule has 15 heavy (non-hydrogen) atoms. The topological polar surface area (TPSA) is 105 Å². The van der Waals surface area contributed by atoms with Gasteiger partial charge in [-0.2, -0.15) is 0 Å². The van der Waals surface area contributed by atoms with Crippen LogP contribution in [0.1, 0.15) is 25.7 Å². The lowest BCUT2D eigenvalue weighted by Crippen LogP contribution is -2.46. The molecule has 2 aliphatic carbocycles. The van der Waals surface area contributed by atoms with Crippen LogP contribution in [0.5, 0.6) is 0 Å². The fraction of sp³-hybridized carbons (Fsp3) is 0.778. The Morgan fingerprint density at radius 1 is 1.27 bits per heavy atom. The van der Waals surface area contributed by atoms with E-state index in [1.165, 1.54) is 0 Å². The second-order valence-electron chi connectivity index (χ2n) is 4.26. The molecular formula is C9H14N2O4. The smallest absolute Gasteiger partial charge is 0.405 e. The minimum atomic E-state index is -0.833. The summed E-state index contributed by atoms with van der Waals surface area (Å²) in [5.74, 6) is 0.439. The highest BCUT2D eigenvalue weighted by molar-refractivity contribution is 5.66. The van der Waals surface area contributed by atoms with Gasteiger partial charge in [-0.05, 0) is 31.6 Å². The predicted molar refractivity (Wildman–Crippen MR) is 49.8 cm³/mol. The Balaban J connectivity index is 2.11. The van der Waals surface area contributed by atoms with Crippen LogP contribution in [0.2, 0.25) is 0 Å². The van der Waals surface area contributed by atoms with Crippen molar-refractivity contribution in [3.05, 3.63) is 0 Å². The molecule has 0 aromatic carbocycles. The molecule has 3 unspecified atom stereocenters. The number of carbonyl (C=O) groups excluding carboxylic acids is 2. The highest BCUT2D eigenvalue weighted by Crippen LogP contribution is 2.51. The first kappa shape index (κ1) is 10.1. The Hall–Kier alpha value is -1.46. The summed E-state index contributed by atoms with van der Waals surface area (Å²) in [6.07, 6.45) is 1.01. The van der Waals surface area contributed by atoms with Crippen molar-refractivity contribution in [3.8, 4) is 0 Å². The van der Waals surface area contributed by atoms with Gasteiger partial charge >= 0.3 is 12.2 Å². The summed E-state index contributed by atoms with van der Waals surface area (Å²) >= 11 is 0. The van der Waals surface area contributed by atoms with E-state index in [1.807, 2.05) is 0 Å². The molecule has 0 aliphatic heterocycles. The maximum Gasteiger partial charge on any atom is 0.405 e. The van der Waals surface area contributed by atoms with Gasteiger partial charge in [-0.1, -0.05) is 0 Å². The lowest BCUT2D eigenvalue weighted by Gasteiger charge is -2.32. The lowest BCUT2D eigenvalue weighted by atomic mass is 9.93. The van der Waals surface area contributed by atoms with Gasteiger partial charge in [-0.3, -0.25) is 0 Å². The van der Waals surface area contributed by atoms with Crippen molar-refractivity contribution in [1.82, 2.24) is 0 Å². The molecule has 2 aliphatic rings. The average Bonchev–Trinajstić information content (AvgIpc) is 2.58. The van der Waals surface area contributed by atoms with Crippen LogP contribution in [0.25, 0.3) is 0 Å². The quantitative estimate of drug-likeness (QED) is 0.697. The normalized spacial score (nSPS) is 37.6. The van der Waals surface area contributed by atoms with Gasteiger partial charge in [-0.15, -0.1) is 0 Å². The van der Waals surface area contributed by atoms with Gasteiger partial charge in [0.05, 0.1) is 0 Å². The average molecular weight is 214 g/mol. The maximum atomic E-state index is 10.8. The van der Waals surface area contributed by atoms with E-state index in [-0.39, 0.29) is 0 Å². The van der Waals surface area contributed by atoms with E-state index >= 15 is 0 Å². The van der Waals surface area contributed by atoms with Crippen LogP contribution in [-0.2, 0) is 9.47 Å². The molecule has 84 valence electrons. The molecule has 2 saturated carbocycles. The van der Waals surface area contributed by atoms with E-state index < -0.39 is 23.9 Å². The molecule has 3 atom stereocenters. The first-order valence-electron chi connectivity index (χ1n) is 4.96. The van der Waals surface area contributed by atoms with Crippen LogP contribution in [0.4, 0.5) is 9.59 Å². The van der Waals surface area contributed by atoms with Crippen LogP contribution in [0.3, 0.4) is 0 Å². The van der Waals surface area contributed by atoms with Crippen LogP contribution in [0.15, 0.2) is 0 Å². The number of ether oxygens (including phenoxy) is 2. The zero-order valence-corrected chi connectivity index (χ0v) is 8.27. The molecule has 6 heteroatoms. The first-order valence-corrected chi connectivity index (χ1v) is 4.96. The number of hydrogen-bond acceptors (Lipinski definition) is 4. The van der Waals surface area contributed by atoms with Gasteiger partial charge in [0.15, 0.2) is 5.60 Å². The molecule has 0 aromatic heterocycles. The van der Waals surface area contributed by atoms with Crippen LogP contribution in [0, 0.1) is 5.92 Å². The minimum Gasteiger partial charge on any atom is -0.442 e. The summed E-state index contributed by atoms with van der Waals surface area (Å²) in [5.41, 5.74) is 9.26. The third kappa shape index (κ3) is 1.71. The molecule has 0 aromatic rings. The van der Waals surface area contributed by atoms with Crippen LogP contribution < -0.4 is 11.5 Å². The lowest BCUT2D eigenvalue weighted by molar-refractivity contribution is -0.0662. The van der Waals surface area contributed by atoms with E-state index in [2.05, 4.69) is 0 Å². The van der Waals surface area contributed by atoms with Crippen molar-refractivity contribution in [2.45, 2.75) is 37.4 Å². The number of carbonyl (C=O) groups is 2. The fourth-order valence-electron chi connectivity index (χ4n) is 2.81. The molecule has 0 spiro atoms. The standard InChI is InChI=1S/C9H14N2O4/c10-7(12)14-6-3-5-1-2-9(6,4-5)15-8(11)13/h5-6H,1-4H2,(H2,10,12)(H2,11,13). The van der Waals surface area contributed by atoms with Crippen molar-refractivity contribution >= 4 is 12.2 Å². The Morgan fingerprint density at radius 3 is 2.53 bits per heavy atom. The number of fused-ring (bicyclic) bond motifs is 2. The monoisotopic (exact) mass is 214 g/mol. The third-order valence-corrected chi connectivity index (χ3v) is 3.31. The van der Waals surface area contributed by atoms with Gasteiger partial charge in [0.2, 0.25) is 0 Å². The van der Waals surface area contributed by atoms with Gasteiger partial charge in [0.1, 0.15) is 6.10 Å². The molecule has 2 amide bonds. The minimum absolute atomic E-state index is 0.429. The number of rotatable bonds is 2. The van der Waals surface area contributed by atoms with Crippen LogP contribution >= 0.6 is 0 Å². The SMILES string of the molecule is NC(=O)OC1CC2CCC1(OC(N)=O)C2.